The van der Waals surface area contributed by atoms with Gasteiger partial charge < -0.3 is 10.1 Å². The molecule has 0 saturated heterocycles. The third-order valence-corrected chi connectivity index (χ3v) is 2.64. The monoisotopic (exact) mass is 230 g/mol. The summed E-state index contributed by atoms with van der Waals surface area (Å²) in [6, 6.07) is 0. The Morgan fingerprint density at radius 1 is 1.47 bits per heavy atom. The highest BCUT2D eigenvalue weighted by atomic mass is 32.2. The molecule has 0 atom stereocenters. The topological polar surface area (TPSA) is 62.8 Å². The van der Waals surface area contributed by atoms with Crippen LogP contribution in [0.15, 0.2) is 5.16 Å². The van der Waals surface area contributed by atoms with Crippen LogP contribution in [-0.2, 0) is 4.74 Å². The lowest BCUT2D eigenvalue weighted by Gasteiger charge is -2.02. The van der Waals surface area contributed by atoms with Gasteiger partial charge in [0, 0.05) is 26.0 Å². The molecule has 1 heterocycles. The Kier molecular flexibility index (Phi) is 6.38. The summed E-state index contributed by atoms with van der Waals surface area (Å²) in [5.74, 6) is 1.86. The number of H-pyrrole nitrogens is 1. The second-order valence-corrected chi connectivity index (χ2v) is 4.21. The van der Waals surface area contributed by atoms with E-state index in [2.05, 4.69) is 20.5 Å². The van der Waals surface area contributed by atoms with E-state index in [9.17, 15) is 0 Å². The van der Waals surface area contributed by atoms with Gasteiger partial charge in [0.15, 0.2) is 0 Å². The van der Waals surface area contributed by atoms with Crippen LogP contribution < -0.4 is 5.32 Å². The van der Waals surface area contributed by atoms with Crippen LogP contribution in [0.2, 0.25) is 0 Å². The first kappa shape index (κ1) is 12.5. The van der Waals surface area contributed by atoms with Crippen molar-refractivity contribution in [1.82, 2.24) is 20.5 Å². The quantitative estimate of drug-likeness (QED) is 0.511. The molecule has 6 heteroatoms. The van der Waals surface area contributed by atoms with E-state index in [4.69, 9.17) is 4.74 Å². The van der Waals surface area contributed by atoms with Gasteiger partial charge in [-0.25, -0.2) is 4.98 Å². The number of hydrogen-bond acceptors (Lipinski definition) is 5. The van der Waals surface area contributed by atoms with E-state index in [0.717, 1.165) is 42.9 Å². The molecule has 0 fully saturated rings. The van der Waals surface area contributed by atoms with Gasteiger partial charge in [-0.05, 0) is 19.9 Å². The van der Waals surface area contributed by atoms with Gasteiger partial charge in [-0.1, -0.05) is 11.8 Å². The molecule has 5 nitrogen and oxygen atoms in total. The number of thioether (sulfide) groups is 1. The highest BCUT2D eigenvalue weighted by molar-refractivity contribution is 7.99. The molecular weight excluding hydrogens is 212 g/mol. The number of aromatic nitrogens is 3. The number of nitrogens with one attached hydrogen (secondary N) is 2. The largest absolute Gasteiger partial charge is 0.385 e. The summed E-state index contributed by atoms with van der Waals surface area (Å²) in [5.41, 5.74) is 0. The third kappa shape index (κ3) is 5.76. The average molecular weight is 230 g/mol. The van der Waals surface area contributed by atoms with E-state index in [1.54, 1.807) is 18.9 Å². The molecule has 0 spiro atoms. The van der Waals surface area contributed by atoms with Crippen molar-refractivity contribution >= 4 is 11.8 Å². The summed E-state index contributed by atoms with van der Waals surface area (Å²) in [6.45, 7) is 4.70. The molecule has 86 valence electrons. The van der Waals surface area contributed by atoms with Gasteiger partial charge >= 0.3 is 0 Å². The lowest BCUT2D eigenvalue weighted by Crippen LogP contribution is -2.19. The van der Waals surface area contributed by atoms with Gasteiger partial charge in [0.2, 0.25) is 5.16 Å². The molecule has 2 N–H and O–H groups in total. The van der Waals surface area contributed by atoms with E-state index in [1.165, 1.54) is 0 Å². The van der Waals surface area contributed by atoms with Gasteiger partial charge in [-0.2, -0.15) is 0 Å². The van der Waals surface area contributed by atoms with E-state index >= 15 is 0 Å². The smallest absolute Gasteiger partial charge is 0.208 e. The van der Waals surface area contributed by atoms with E-state index in [-0.39, 0.29) is 0 Å². The number of aromatic amines is 1. The first-order valence-electron chi connectivity index (χ1n) is 5.04. The second-order valence-electron chi connectivity index (χ2n) is 3.15. The van der Waals surface area contributed by atoms with Crippen molar-refractivity contribution < 1.29 is 4.74 Å². The van der Waals surface area contributed by atoms with E-state index < -0.39 is 0 Å². The lowest BCUT2D eigenvalue weighted by molar-refractivity contribution is 0.194. The SMILES string of the molecule is COCCCNCCSc1n[nH]c(C)n1. The van der Waals surface area contributed by atoms with Crippen LogP contribution in [0.3, 0.4) is 0 Å². The predicted molar refractivity (Wildman–Crippen MR) is 61.2 cm³/mol. The van der Waals surface area contributed by atoms with Crippen LogP contribution in [0.1, 0.15) is 12.2 Å². The fourth-order valence-corrected chi connectivity index (χ4v) is 1.81. The predicted octanol–water partition coefficient (Wildman–Crippen LogP) is 0.831. The van der Waals surface area contributed by atoms with Crippen LogP contribution in [0.5, 0.6) is 0 Å². The van der Waals surface area contributed by atoms with Crippen molar-refractivity contribution in [3.8, 4) is 0 Å². The third-order valence-electron chi connectivity index (χ3n) is 1.79. The van der Waals surface area contributed by atoms with Gasteiger partial charge in [-0.3, -0.25) is 5.10 Å². The second kappa shape index (κ2) is 7.67. The Morgan fingerprint density at radius 3 is 3.00 bits per heavy atom. The van der Waals surface area contributed by atoms with Gasteiger partial charge in [0.25, 0.3) is 0 Å². The van der Waals surface area contributed by atoms with Crippen molar-refractivity contribution in [2.24, 2.45) is 0 Å². The summed E-state index contributed by atoms with van der Waals surface area (Å²) in [6.07, 6.45) is 1.06. The standard InChI is InChI=1S/C9H18N4OS/c1-8-11-9(13-12-8)15-7-5-10-4-3-6-14-2/h10H,3-7H2,1-2H3,(H,11,12,13). The Bertz CT molecular complexity index is 266. The summed E-state index contributed by atoms with van der Waals surface area (Å²) in [7, 11) is 1.72. The van der Waals surface area contributed by atoms with E-state index in [1.807, 2.05) is 6.92 Å². The van der Waals surface area contributed by atoms with Gasteiger partial charge in [-0.15, -0.1) is 5.10 Å². The molecule has 0 aromatic carbocycles. The molecule has 0 saturated carbocycles. The number of methoxy groups -OCH3 is 1. The number of ether oxygens (including phenoxy) is 1. The summed E-state index contributed by atoms with van der Waals surface area (Å²) in [4.78, 5) is 4.21. The minimum atomic E-state index is 0.820. The van der Waals surface area contributed by atoms with Crippen LogP contribution in [0.4, 0.5) is 0 Å². The Labute approximate surface area is 94.4 Å². The highest BCUT2D eigenvalue weighted by Gasteiger charge is 1.98. The van der Waals surface area contributed by atoms with Crippen molar-refractivity contribution in [2.45, 2.75) is 18.5 Å². The summed E-state index contributed by atoms with van der Waals surface area (Å²) >= 11 is 1.66. The van der Waals surface area contributed by atoms with E-state index in [0.29, 0.717) is 0 Å². The molecule has 15 heavy (non-hydrogen) atoms. The van der Waals surface area contributed by atoms with Crippen LogP contribution >= 0.6 is 11.8 Å². The van der Waals surface area contributed by atoms with Crippen LogP contribution in [0.25, 0.3) is 0 Å². The van der Waals surface area contributed by atoms with Crippen molar-refractivity contribution in [3.05, 3.63) is 5.82 Å². The summed E-state index contributed by atoms with van der Waals surface area (Å²) in [5, 5.41) is 11.0. The summed E-state index contributed by atoms with van der Waals surface area (Å²) < 4.78 is 4.95. The fraction of sp³-hybridized carbons (Fsp3) is 0.778. The van der Waals surface area contributed by atoms with Crippen LogP contribution in [-0.4, -0.2) is 47.7 Å². The molecule has 0 aliphatic heterocycles. The highest BCUT2D eigenvalue weighted by Crippen LogP contribution is 2.10. The maximum absolute atomic E-state index is 4.95. The zero-order chi connectivity index (χ0) is 10.9. The van der Waals surface area contributed by atoms with Gasteiger partial charge in [0.1, 0.15) is 5.82 Å². The van der Waals surface area contributed by atoms with Crippen LogP contribution in [0, 0.1) is 6.92 Å². The minimum absolute atomic E-state index is 0.820. The number of nitrogens with zero attached hydrogens (tertiary/aromatic N) is 2. The van der Waals surface area contributed by atoms with Crippen molar-refractivity contribution in [2.75, 3.05) is 32.6 Å². The molecule has 1 rings (SSSR count). The molecule has 0 bridgehead atoms. The molecule has 0 amide bonds. The average Bonchev–Trinajstić information content (AvgIpc) is 2.63. The maximum Gasteiger partial charge on any atom is 0.208 e. The molecule has 0 aliphatic rings. The Balaban J connectivity index is 1.93. The van der Waals surface area contributed by atoms with Crippen molar-refractivity contribution in [1.29, 1.82) is 0 Å². The normalized spacial score (nSPS) is 10.8. The molecular formula is C9H18N4OS. The Hall–Kier alpha value is -0.590. The zero-order valence-corrected chi connectivity index (χ0v) is 10.1. The molecule has 1 aromatic heterocycles. The Morgan fingerprint density at radius 2 is 2.33 bits per heavy atom. The first-order valence-corrected chi connectivity index (χ1v) is 6.03. The zero-order valence-electron chi connectivity index (χ0n) is 9.25. The number of rotatable bonds is 8. The molecule has 0 aliphatic carbocycles. The fourth-order valence-electron chi connectivity index (χ4n) is 1.07. The minimum Gasteiger partial charge on any atom is -0.385 e. The molecule has 0 unspecified atom stereocenters. The number of hydrogen-bond donors (Lipinski definition) is 2. The first-order chi connectivity index (χ1) is 7.33. The molecule has 1 aromatic rings. The molecule has 0 radical (unpaired) electrons. The van der Waals surface area contributed by atoms with Gasteiger partial charge in [0.05, 0.1) is 0 Å². The maximum atomic E-state index is 4.95. The van der Waals surface area contributed by atoms with Crippen molar-refractivity contribution in [3.63, 3.8) is 0 Å². The number of aryl methyl sites for hydroxylation is 1. The lowest BCUT2D eigenvalue weighted by atomic mass is 10.4.